The zero-order valence-electron chi connectivity index (χ0n) is 13.6. The number of morpholine rings is 1. The van der Waals surface area contributed by atoms with Crippen LogP contribution in [0.1, 0.15) is 18.9 Å². The summed E-state index contributed by atoms with van der Waals surface area (Å²) in [4.78, 5) is 18.8. The molecule has 0 saturated carbocycles. The van der Waals surface area contributed by atoms with Crippen molar-refractivity contribution in [2.75, 3.05) is 26.2 Å². The minimum absolute atomic E-state index is 0.0763. The predicted molar refractivity (Wildman–Crippen MR) is 92.8 cm³/mol. The van der Waals surface area contributed by atoms with Gasteiger partial charge in [0.25, 0.3) is 0 Å². The highest BCUT2D eigenvalue weighted by atomic mass is 32.1. The van der Waals surface area contributed by atoms with E-state index in [1.54, 1.807) is 11.3 Å². The van der Waals surface area contributed by atoms with Gasteiger partial charge in [-0.25, -0.2) is 4.98 Å². The number of nitrogens with zero attached hydrogens (tertiary/aromatic N) is 2. The Kier molecular flexibility index (Phi) is 5.25. The molecule has 5 nitrogen and oxygen atoms in total. The minimum atomic E-state index is 0.0763. The molecule has 2 heterocycles. The van der Waals surface area contributed by atoms with Crippen molar-refractivity contribution in [2.24, 2.45) is 0 Å². The van der Waals surface area contributed by atoms with Crippen molar-refractivity contribution in [1.29, 1.82) is 0 Å². The summed E-state index contributed by atoms with van der Waals surface area (Å²) in [6.45, 7) is 6.80. The van der Waals surface area contributed by atoms with Crippen LogP contribution < -0.4 is 5.32 Å². The molecule has 2 unspecified atom stereocenters. The molecule has 2 aromatic rings. The maximum absolute atomic E-state index is 12.1. The Morgan fingerprint density at radius 1 is 1.35 bits per heavy atom. The Morgan fingerprint density at radius 2 is 2.09 bits per heavy atom. The van der Waals surface area contributed by atoms with Gasteiger partial charge < -0.3 is 10.1 Å². The van der Waals surface area contributed by atoms with Gasteiger partial charge in [-0.05, 0) is 26.0 Å². The number of aromatic nitrogens is 1. The van der Waals surface area contributed by atoms with Crippen LogP contribution in [0.2, 0.25) is 0 Å². The second kappa shape index (κ2) is 7.38. The highest BCUT2D eigenvalue weighted by molar-refractivity contribution is 7.18. The van der Waals surface area contributed by atoms with Crippen molar-refractivity contribution < 1.29 is 9.53 Å². The molecule has 2 atom stereocenters. The number of nitrogens with one attached hydrogen (secondary N) is 1. The summed E-state index contributed by atoms with van der Waals surface area (Å²) < 4.78 is 6.88. The van der Waals surface area contributed by atoms with Gasteiger partial charge in [-0.15, -0.1) is 11.3 Å². The highest BCUT2D eigenvalue weighted by Gasteiger charge is 2.23. The van der Waals surface area contributed by atoms with E-state index in [1.807, 2.05) is 32.0 Å². The van der Waals surface area contributed by atoms with Crippen LogP contribution in [0.15, 0.2) is 24.3 Å². The van der Waals surface area contributed by atoms with Crippen LogP contribution in [0.25, 0.3) is 10.2 Å². The molecule has 23 heavy (non-hydrogen) atoms. The topological polar surface area (TPSA) is 54.5 Å². The first-order valence-electron chi connectivity index (χ1n) is 8.09. The second-order valence-electron chi connectivity index (χ2n) is 6.13. The van der Waals surface area contributed by atoms with Crippen molar-refractivity contribution >= 4 is 27.5 Å². The predicted octanol–water partition coefficient (Wildman–Crippen LogP) is 2.06. The fraction of sp³-hybridized carbons (Fsp3) is 0.529. The van der Waals surface area contributed by atoms with Gasteiger partial charge in [0.15, 0.2) is 0 Å². The molecular weight excluding hydrogens is 310 g/mol. The van der Waals surface area contributed by atoms with Crippen molar-refractivity contribution in [3.05, 3.63) is 29.3 Å². The summed E-state index contributed by atoms with van der Waals surface area (Å²) in [6.07, 6.45) is 1.16. The van der Waals surface area contributed by atoms with Crippen molar-refractivity contribution in [1.82, 2.24) is 15.2 Å². The van der Waals surface area contributed by atoms with Gasteiger partial charge in [-0.1, -0.05) is 12.1 Å². The number of carbonyl (C=O) groups is 1. The first-order chi connectivity index (χ1) is 11.1. The lowest BCUT2D eigenvalue weighted by atomic mass is 10.2. The number of para-hydroxylation sites is 1. The molecule has 3 rings (SSSR count). The van der Waals surface area contributed by atoms with E-state index in [2.05, 4.69) is 21.3 Å². The third-order valence-corrected chi connectivity index (χ3v) is 4.96. The monoisotopic (exact) mass is 333 g/mol. The lowest BCUT2D eigenvalue weighted by molar-refractivity contribution is -0.125. The smallest absolute Gasteiger partial charge is 0.234 e. The van der Waals surface area contributed by atoms with E-state index >= 15 is 0 Å². The van der Waals surface area contributed by atoms with E-state index in [0.717, 1.165) is 30.0 Å². The average Bonchev–Trinajstić information content (AvgIpc) is 2.88. The number of thiazole rings is 1. The van der Waals surface area contributed by atoms with E-state index < -0.39 is 0 Å². The highest BCUT2D eigenvalue weighted by Crippen LogP contribution is 2.21. The lowest BCUT2D eigenvalue weighted by Gasteiger charge is -2.34. The molecule has 6 heteroatoms. The lowest BCUT2D eigenvalue weighted by Crippen LogP contribution is -2.49. The zero-order valence-corrected chi connectivity index (χ0v) is 14.4. The first-order valence-corrected chi connectivity index (χ1v) is 8.91. The number of hydrogen-bond donors (Lipinski definition) is 1. The first kappa shape index (κ1) is 16.4. The van der Waals surface area contributed by atoms with Gasteiger partial charge in [0.05, 0.1) is 34.0 Å². The Hall–Kier alpha value is -1.50. The van der Waals surface area contributed by atoms with Crippen LogP contribution in [0.4, 0.5) is 0 Å². The molecule has 1 N–H and O–H groups in total. The fourth-order valence-electron chi connectivity index (χ4n) is 3.01. The molecule has 0 spiro atoms. The molecule has 1 aromatic heterocycles. The SMILES string of the molecule is CC1CN(CC(=O)NCCc2nc3ccccc3s2)CC(C)O1. The molecule has 1 amide bonds. The van der Waals surface area contributed by atoms with Crippen LogP contribution in [-0.4, -0.2) is 54.2 Å². The number of benzene rings is 1. The van der Waals surface area contributed by atoms with E-state index in [4.69, 9.17) is 4.74 Å². The Bertz CT molecular complexity index is 630. The second-order valence-corrected chi connectivity index (χ2v) is 7.24. The van der Waals surface area contributed by atoms with Crippen LogP contribution in [0.3, 0.4) is 0 Å². The quantitative estimate of drug-likeness (QED) is 0.910. The maximum Gasteiger partial charge on any atom is 0.234 e. The molecule has 1 aliphatic rings. The van der Waals surface area contributed by atoms with E-state index in [1.165, 1.54) is 4.70 Å². The van der Waals surface area contributed by atoms with Gasteiger partial charge in [0.1, 0.15) is 0 Å². The van der Waals surface area contributed by atoms with Crippen LogP contribution >= 0.6 is 11.3 Å². The van der Waals surface area contributed by atoms with Gasteiger partial charge in [0, 0.05) is 26.1 Å². The number of rotatable bonds is 5. The largest absolute Gasteiger partial charge is 0.373 e. The number of hydrogen-bond acceptors (Lipinski definition) is 5. The Balaban J connectivity index is 1.44. The molecule has 0 radical (unpaired) electrons. The van der Waals surface area contributed by atoms with E-state index in [0.29, 0.717) is 13.1 Å². The molecule has 0 aliphatic carbocycles. The third-order valence-electron chi connectivity index (χ3n) is 3.86. The summed E-state index contributed by atoms with van der Waals surface area (Å²) in [7, 11) is 0. The van der Waals surface area contributed by atoms with Crippen LogP contribution in [-0.2, 0) is 16.0 Å². The molecule has 1 aliphatic heterocycles. The average molecular weight is 333 g/mol. The van der Waals surface area contributed by atoms with Crippen LogP contribution in [0, 0.1) is 0 Å². The van der Waals surface area contributed by atoms with Gasteiger partial charge in [0.2, 0.25) is 5.91 Å². The Morgan fingerprint density at radius 3 is 2.83 bits per heavy atom. The third kappa shape index (κ3) is 4.50. The minimum Gasteiger partial charge on any atom is -0.373 e. The number of carbonyl (C=O) groups excluding carboxylic acids is 1. The molecule has 124 valence electrons. The summed E-state index contributed by atoms with van der Waals surface area (Å²) >= 11 is 1.70. The molecule has 1 saturated heterocycles. The standard InChI is InChI=1S/C17H23N3O2S/c1-12-9-20(10-13(2)22-12)11-16(21)18-8-7-17-19-14-5-3-4-6-15(14)23-17/h3-6,12-13H,7-11H2,1-2H3,(H,18,21). The summed E-state index contributed by atoms with van der Waals surface area (Å²) in [5.74, 6) is 0.0763. The van der Waals surface area contributed by atoms with Crippen molar-refractivity contribution in [3.8, 4) is 0 Å². The molecular formula is C17H23N3O2S. The van der Waals surface area contributed by atoms with Gasteiger partial charge in [-0.3, -0.25) is 9.69 Å². The fourth-order valence-corrected chi connectivity index (χ4v) is 3.98. The maximum atomic E-state index is 12.1. The number of fused-ring (bicyclic) bond motifs is 1. The summed E-state index contributed by atoms with van der Waals surface area (Å²) in [5.41, 5.74) is 1.04. The number of amides is 1. The molecule has 1 aromatic carbocycles. The molecule has 1 fully saturated rings. The summed E-state index contributed by atoms with van der Waals surface area (Å²) in [6, 6.07) is 8.12. The Labute approximate surface area is 140 Å². The number of ether oxygens (including phenoxy) is 1. The molecule has 0 bridgehead atoms. The normalized spacial score (nSPS) is 22.3. The van der Waals surface area contributed by atoms with Gasteiger partial charge in [-0.2, -0.15) is 0 Å². The zero-order chi connectivity index (χ0) is 16.2. The van der Waals surface area contributed by atoms with Crippen molar-refractivity contribution in [2.45, 2.75) is 32.5 Å². The van der Waals surface area contributed by atoms with Gasteiger partial charge >= 0.3 is 0 Å². The van der Waals surface area contributed by atoms with E-state index in [9.17, 15) is 4.79 Å². The van der Waals surface area contributed by atoms with Crippen molar-refractivity contribution in [3.63, 3.8) is 0 Å². The van der Waals surface area contributed by atoms with Crippen LogP contribution in [0.5, 0.6) is 0 Å². The van der Waals surface area contributed by atoms with E-state index in [-0.39, 0.29) is 18.1 Å². The summed E-state index contributed by atoms with van der Waals surface area (Å²) in [5, 5.41) is 4.07.